The summed E-state index contributed by atoms with van der Waals surface area (Å²) in [5, 5.41) is 0. The van der Waals surface area contributed by atoms with Crippen LogP contribution < -0.4 is 0 Å². The van der Waals surface area contributed by atoms with Crippen LogP contribution in [0.5, 0.6) is 0 Å². The molecule has 0 N–H and O–H groups in total. The third kappa shape index (κ3) is 4.82. The molecule has 2 heteroatoms. The Morgan fingerprint density at radius 1 is 1.24 bits per heavy atom. The molecule has 0 radical (unpaired) electrons. The number of rotatable bonds is 5. The van der Waals surface area contributed by atoms with Crippen molar-refractivity contribution in [2.45, 2.75) is 65.9 Å². The van der Waals surface area contributed by atoms with Crippen molar-refractivity contribution in [1.29, 1.82) is 0 Å². The van der Waals surface area contributed by atoms with Crippen LogP contribution >= 0.6 is 12.6 Å². The first kappa shape index (κ1) is 15.4. The van der Waals surface area contributed by atoms with Crippen LogP contribution in [0.3, 0.4) is 0 Å². The summed E-state index contributed by atoms with van der Waals surface area (Å²) in [6.07, 6.45) is 7.16. The highest BCUT2D eigenvalue weighted by Gasteiger charge is 2.28. The number of ether oxygens (including phenoxy) is 1. The monoisotopic (exact) mass is 258 g/mol. The largest absolute Gasteiger partial charge is 0.378 e. The van der Waals surface area contributed by atoms with Gasteiger partial charge in [-0.05, 0) is 35.8 Å². The van der Waals surface area contributed by atoms with Crippen molar-refractivity contribution in [1.82, 2.24) is 0 Å². The van der Waals surface area contributed by atoms with E-state index in [0.717, 1.165) is 18.3 Å². The molecule has 1 saturated carbocycles. The van der Waals surface area contributed by atoms with E-state index in [1.807, 2.05) is 0 Å². The summed E-state index contributed by atoms with van der Waals surface area (Å²) in [7, 11) is 0. The first-order chi connectivity index (χ1) is 7.99. The second-order valence-corrected chi connectivity index (χ2v) is 6.94. The van der Waals surface area contributed by atoms with Gasteiger partial charge in [-0.25, -0.2) is 0 Å². The van der Waals surface area contributed by atoms with Crippen molar-refractivity contribution < 1.29 is 4.74 Å². The molecule has 17 heavy (non-hydrogen) atoms. The van der Waals surface area contributed by atoms with Gasteiger partial charge in [-0.15, -0.1) is 0 Å². The Bertz CT molecular complexity index is 209. The second kappa shape index (κ2) is 7.04. The van der Waals surface area contributed by atoms with Gasteiger partial charge in [0, 0.05) is 0 Å². The standard InChI is InChI=1S/C15H30OS/c1-5-12-8-6-7-9-14(12)16-10-13(11-17)15(2,3)4/h12-14,17H,5-11H2,1-4H3. The topological polar surface area (TPSA) is 9.23 Å². The minimum absolute atomic E-state index is 0.304. The van der Waals surface area contributed by atoms with Crippen molar-refractivity contribution in [3.05, 3.63) is 0 Å². The predicted molar refractivity (Wildman–Crippen MR) is 78.8 cm³/mol. The van der Waals surface area contributed by atoms with Crippen molar-refractivity contribution in [2.75, 3.05) is 12.4 Å². The van der Waals surface area contributed by atoms with Crippen molar-refractivity contribution in [2.24, 2.45) is 17.3 Å². The molecule has 0 aromatic rings. The van der Waals surface area contributed by atoms with Gasteiger partial charge in [0.25, 0.3) is 0 Å². The highest BCUT2D eigenvalue weighted by molar-refractivity contribution is 7.80. The van der Waals surface area contributed by atoms with Crippen LogP contribution in [0, 0.1) is 17.3 Å². The summed E-state index contributed by atoms with van der Waals surface area (Å²) in [6.45, 7) is 10.0. The zero-order chi connectivity index (χ0) is 12.9. The lowest BCUT2D eigenvalue weighted by Crippen LogP contribution is -2.33. The van der Waals surface area contributed by atoms with Crippen molar-refractivity contribution in [3.63, 3.8) is 0 Å². The summed E-state index contributed by atoms with van der Waals surface area (Å²) in [6, 6.07) is 0. The lowest BCUT2D eigenvalue weighted by Gasteiger charge is -2.35. The average Bonchev–Trinajstić information content (AvgIpc) is 2.28. The van der Waals surface area contributed by atoms with Gasteiger partial charge < -0.3 is 4.74 Å². The highest BCUT2D eigenvalue weighted by atomic mass is 32.1. The summed E-state index contributed by atoms with van der Waals surface area (Å²) in [5.41, 5.74) is 0.304. The molecule has 102 valence electrons. The summed E-state index contributed by atoms with van der Waals surface area (Å²) < 4.78 is 6.22. The van der Waals surface area contributed by atoms with Crippen LogP contribution in [0.1, 0.15) is 59.8 Å². The lowest BCUT2D eigenvalue weighted by molar-refractivity contribution is -0.0396. The number of hydrogen-bond donors (Lipinski definition) is 1. The summed E-state index contributed by atoms with van der Waals surface area (Å²) >= 11 is 4.47. The van der Waals surface area contributed by atoms with Gasteiger partial charge in [0.15, 0.2) is 0 Å². The Labute approximate surface area is 113 Å². The van der Waals surface area contributed by atoms with Gasteiger partial charge >= 0.3 is 0 Å². The third-order valence-corrected chi connectivity index (χ3v) is 4.76. The van der Waals surface area contributed by atoms with Gasteiger partial charge in [-0.1, -0.05) is 47.0 Å². The van der Waals surface area contributed by atoms with Crippen LogP contribution in [0.25, 0.3) is 0 Å². The van der Waals surface area contributed by atoms with Gasteiger partial charge in [0.2, 0.25) is 0 Å². The van der Waals surface area contributed by atoms with E-state index < -0.39 is 0 Å². The number of thiol groups is 1. The van der Waals surface area contributed by atoms with Gasteiger partial charge in [-0.3, -0.25) is 0 Å². The first-order valence-corrected chi connectivity index (χ1v) is 7.84. The van der Waals surface area contributed by atoms with Crippen molar-refractivity contribution in [3.8, 4) is 0 Å². The lowest BCUT2D eigenvalue weighted by atomic mass is 9.82. The molecule has 3 atom stereocenters. The van der Waals surface area contributed by atoms with E-state index in [1.54, 1.807) is 0 Å². The van der Waals surface area contributed by atoms with E-state index in [4.69, 9.17) is 4.74 Å². The van der Waals surface area contributed by atoms with Crippen LogP contribution in [-0.2, 0) is 4.74 Å². The fourth-order valence-electron chi connectivity index (χ4n) is 2.68. The molecule has 0 aromatic heterocycles. The molecule has 1 fully saturated rings. The van der Waals surface area contributed by atoms with E-state index in [0.29, 0.717) is 17.4 Å². The Morgan fingerprint density at radius 2 is 1.88 bits per heavy atom. The zero-order valence-corrected chi connectivity index (χ0v) is 12.9. The van der Waals surface area contributed by atoms with Crippen LogP contribution in [0.2, 0.25) is 0 Å². The minimum atomic E-state index is 0.304. The average molecular weight is 258 g/mol. The smallest absolute Gasteiger partial charge is 0.0603 e. The molecule has 1 nitrogen and oxygen atoms in total. The fourth-order valence-corrected chi connectivity index (χ4v) is 3.33. The quantitative estimate of drug-likeness (QED) is 0.711. The molecule has 1 rings (SSSR count). The zero-order valence-electron chi connectivity index (χ0n) is 12.0. The maximum absolute atomic E-state index is 6.22. The molecule has 0 heterocycles. The Balaban J connectivity index is 2.42. The van der Waals surface area contributed by atoms with E-state index in [2.05, 4.69) is 40.3 Å². The van der Waals surface area contributed by atoms with Gasteiger partial charge in [-0.2, -0.15) is 12.6 Å². The van der Waals surface area contributed by atoms with Gasteiger partial charge in [0.05, 0.1) is 12.7 Å². The first-order valence-electron chi connectivity index (χ1n) is 7.21. The molecule has 0 bridgehead atoms. The van der Waals surface area contributed by atoms with E-state index >= 15 is 0 Å². The molecule has 1 aliphatic rings. The molecule has 0 spiro atoms. The Hall–Kier alpha value is 0.310. The molecule has 0 aromatic carbocycles. The fraction of sp³-hybridized carbons (Fsp3) is 1.00. The maximum atomic E-state index is 6.22. The van der Waals surface area contributed by atoms with E-state index in [-0.39, 0.29) is 0 Å². The Morgan fingerprint density at radius 3 is 2.41 bits per heavy atom. The SMILES string of the molecule is CCC1CCCCC1OCC(CS)C(C)(C)C. The highest BCUT2D eigenvalue weighted by Crippen LogP contribution is 2.32. The van der Waals surface area contributed by atoms with Crippen LogP contribution in [0.15, 0.2) is 0 Å². The Kier molecular flexibility index (Phi) is 6.36. The molecular formula is C15H30OS. The van der Waals surface area contributed by atoms with Crippen molar-refractivity contribution >= 4 is 12.6 Å². The molecule has 1 aliphatic carbocycles. The summed E-state index contributed by atoms with van der Waals surface area (Å²) in [4.78, 5) is 0. The molecule has 0 amide bonds. The minimum Gasteiger partial charge on any atom is -0.378 e. The van der Waals surface area contributed by atoms with E-state index in [9.17, 15) is 0 Å². The molecule has 3 unspecified atom stereocenters. The van der Waals surface area contributed by atoms with E-state index in [1.165, 1.54) is 32.1 Å². The number of hydrogen-bond acceptors (Lipinski definition) is 2. The predicted octanol–water partition coefficient (Wildman–Crippen LogP) is 4.56. The maximum Gasteiger partial charge on any atom is 0.0603 e. The second-order valence-electron chi connectivity index (χ2n) is 6.57. The normalized spacial score (nSPS) is 28.1. The molecular weight excluding hydrogens is 228 g/mol. The summed E-state index contributed by atoms with van der Waals surface area (Å²) in [5.74, 6) is 2.28. The third-order valence-electron chi connectivity index (χ3n) is 4.32. The van der Waals surface area contributed by atoms with Gasteiger partial charge in [0.1, 0.15) is 0 Å². The van der Waals surface area contributed by atoms with Crippen LogP contribution in [-0.4, -0.2) is 18.5 Å². The molecule has 0 saturated heterocycles. The van der Waals surface area contributed by atoms with Crippen LogP contribution in [0.4, 0.5) is 0 Å². The molecule has 0 aliphatic heterocycles.